The Balaban J connectivity index is 0.000000278. The predicted octanol–water partition coefficient (Wildman–Crippen LogP) is 9.96. The zero-order valence-electron chi connectivity index (χ0n) is 40.8. The number of nitro groups is 3. The molecule has 2 amide bonds. The molecule has 75 heavy (non-hydrogen) atoms. The summed E-state index contributed by atoms with van der Waals surface area (Å²) < 4.78 is 121. The highest BCUT2D eigenvalue weighted by atomic mass is 19.3. The Morgan fingerprint density at radius 1 is 0.533 bits per heavy atom. The van der Waals surface area contributed by atoms with E-state index in [2.05, 4.69) is 14.2 Å². The van der Waals surface area contributed by atoms with Gasteiger partial charge in [-0.15, -0.1) is 0 Å². The van der Waals surface area contributed by atoms with Crippen LogP contribution in [0, 0.1) is 42.0 Å². The second-order valence-electron chi connectivity index (χ2n) is 17.4. The van der Waals surface area contributed by atoms with E-state index in [-0.39, 0.29) is 17.5 Å². The number of nitrogens with zero attached hydrogens (tertiary/aromatic N) is 7. The number of nitrogens with two attached hydrogens (primary N) is 1. The number of nitrogen functional groups attached to an aromatic ring is 1. The van der Waals surface area contributed by atoms with Gasteiger partial charge in [-0.05, 0) is 71.9 Å². The maximum absolute atomic E-state index is 12.5. The minimum Gasteiger partial charge on any atom is -0.502 e. The minimum atomic E-state index is -3.23. The quantitative estimate of drug-likeness (QED) is 0.0612. The summed E-state index contributed by atoms with van der Waals surface area (Å²) in [7, 11) is 0. The van der Waals surface area contributed by atoms with Gasteiger partial charge in [-0.2, -0.15) is 26.3 Å². The van der Waals surface area contributed by atoms with Crippen LogP contribution in [-0.2, 0) is 9.47 Å². The van der Waals surface area contributed by atoms with Gasteiger partial charge in [-0.1, -0.05) is 0 Å². The maximum Gasteiger partial charge on any atom is 0.410 e. The highest BCUT2D eigenvalue weighted by Crippen LogP contribution is 2.34. The van der Waals surface area contributed by atoms with Gasteiger partial charge in [-0.25, -0.2) is 18.4 Å². The molecule has 2 aliphatic heterocycles. The van der Waals surface area contributed by atoms with Gasteiger partial charge >= 0.3 is 49.1 Å². The van der Waals surface area contributed by atoms with Crippen LogP contribution in [-0.4, -0.2) is 125 Å². The Kier molecular flexibility index (Phi) is 22.0. The Hall–Kier alpha value is -8.34. The number of anilines is 3. The second kappa shape index (κ2) is 27.1. The number of ether oxygens (including phenoxy) is 5. The number of hydrogen-bond acceptors (Lipinski definition) is 17. The molecule has 0 saturated carbocycles. The van der Waals surface area contributed by atoms with Crippen molar-refractivity contribution in [3.63, 3.8) is 0 Å². The molecule has 3 N–H and O–H groups in total. The standard InChI is InChI=1S/C16H21F2N3O5.C16H23F2N3O3.C7H4F3NO3.C6H4FNO3/c1-16(2,3)26-15(22)20-8-6-19(7-9-20)11-4-5-12(21(23)24)13(10-11)25-14(17)18;1-16(2,3)24-15(22)21-8-6-20(7-9-21)11-4-5-12(19)13(10-11)23-14(17)18;8-4-1-2-5(11(12)13)6(3-4)14-7(9)10;7-4-1-2-5(8(10)11)6(9)3-4/h4-5,10,14H,6-9H2,1-3H3;4-5,10,14H,6-9,19H2,1-3H3;1-3,7H;1-3,9H. The first-order chi connectivity index (χ1) is 34.8. The van der Waals surface area contributed by atoms with Crippen molar-refractivity contribution >= 4 is 46.3 Å². The van der Waals surface area contributed by atoms with Gasteiger partial charge in [0, 0.05) is 106 Å². The van der Waals surface area contributed by atoms with Gasteiger partial charge in [0.25, 0.3) is 0 Å². The number of alkyl halides is 6. The molecule has 4 aromatic carbocycles. The average Bonchev–Trinajstić information content (AvgIpc) is 3.28. The number of amides is 2. The van der Waals surface area contributed by atoms with Crippen LogP contribution < -0.4 is 29.7 Å². The minimum absolute atomic E-state index is 0.0444. The molecule has 0 atom stereocenters. The van der Waals surface area contributed by atoms with E-state index in [0.29, 0.717) is 70.2 Å². The summed E-state index contributed by atoms with van der Waals surface area (Å²) in [5.74, 6) is -3.56. The summed E-state index contributed by atoms with van der Waals surface area (Å²) in [5, 5.41) is 40.0. The zero-order chi connectivity index (χ0) is 56.5. The van der Waals surface area contributed by atoms with Gasteiger partial charge in [0.15, 0.2) is 11.5 Å². The largest absolute Gasteiger partial charge is 0.502 e. The van der Waals surface area contributed by atoms with E-state index in [1.54, 1.807) is 36.6 Å². The fraction of sp³-hybridized carbons (Fsp3) is 0.422. The predicted molar refractivity (Wildman–Crippen MR) is 252 cm³/mol. The van der Waals surface area contributed by atoms with E-state index >= 15 is 0 Å². The number of carbonyl (C=O) groups excluding carboxylic acids is 2. The van der Waals surface area contributed by atoms with Crippen molar-refractivity contribution in [2.24, 2.45) is 0 Å². The molecule has 4 aromatic rings. The number of hydrogen-bond donors (Lipinski definition) is 2. The number of halogens is 8. The van der Waals surface area contributed by atoms with E-state index in [1.165, 1.54) is 24.3 Å². The van der Waals surface area contributed by atoms with Crippen molar-refractivity contribution in [3.05, 3.63) is 115 Å². The first-order valence-corrected chi connectivity index (χ1v) is 21.9. The van der Waals surface area contributed by atoms with Crippen LogP contribution in [0.2, 0.25) is 0 Å². The Morgan fingerprint density at radius 2 is 0.867 bits per heavy atom. The monoisotopic (exact) mass is 1080 g/mol. The van der Waals surface area contributed by atoms with Crippen LogP contribution in [0.15, 0.2) is 72.8 Å². The Labute approximate surface area is 422 Å². The molecule has 0 aliphatic carbocycles. The normalized spacial score (nSPS) is 13.6. The van der Waals surface area contributed by atoms with Crippen molar-refractivity contribution in [1.82, 2.24) is 9.80 Å². The summed E-state index contributed by atoms with van der Waals surface area (Å²) in [6.45, 7) is 5.25. The lowest BCUT2D eigenvalue weighted by molar-refractivity contribution is -0.386. The third kappa shape index (κ3) is 20.6. The number of benzene rings is 4. The summed E-state index contributed by atoms with van der Waals surface area (Å²) in [6.07, 6.45) is -0.760. The van der Waals surface area contributed by atoms with E-state index in [0.717, 1.165) is 36.0 Å². The average molecular weight is 1080 g/mol. The SMILES string of the molecule is CC(C)(C)OC(=O)N1CCN(c2ccc(N)c(OC(F)F)c2)CC1.CC(C)(C)OC(=O)N1CCN(c2ccc([N+](=O)[O-])c(OC(F)F)c2)CC1.O=[N+]([O-])c1ccc(F)cc1O.O=[N+]([O-])c1ccc(F)cc1OC(F)F. The number of piperazine rings is 2. The lowest BCUT2D eigenvalue weighted by Gasteiger charge is -2.36. The van der Waals surface area contributed by atoms with E-state index in [1.807, 2.05) is 30.6 Å². The molecular weight excluding hydrogens is 1030 g/mol. The molecule has 2 heterocycles. The number of rotatable bonds is 11. The summed E-state index contributed by atoms with van der Waals surface area (Å²) in [5.41, 5.74) is 4.19. The topological polar surface area (TPSA) is 269 Å². The number of nitro benzene ring substituents is 3. The fourth-order valence-corrected chi connectivity index (χ4v) is 6.39. The van der Waals surface area contributed by atoms with Crippen LogP contribution in [0.4, 0.5) is 78.8 Å². The molecule has 2 fully saturated rings. The maximum atomic E-state index is 12.5. The first-order valence-electron chi connectivity index (χ1n) is 21.9. The van der Waals surface area contributed by atoms with Gasteiger partial charge in [0.2, 0.25) is 11.5 Å². The van der Waals surface area contributed by atoms with Crippen LogP contribution in [0.3, 0.4) is 0 Å². The van der Waals surface area contributed by atoms with Crippen molar-refractivity contribution in [3.8, 4) is 23.0 Å². The molecule has 22 nitrogen and oxygen atoms in total. The lowest BCUT2D eigenvalue weighted by Crippen LogP contribution is -2.50. The summed E-state index contributed by atoms with van der Waals surface area (Å²) >= 11 is 0. The van der Waals surface area contributed by atoms with Crippen LogP contribution >= 0.6 is 0 Å². The number of carbonyl (C=O) groups is 2. The van der Waals surface area contributed by atoms with E-state index in [4.69, 9.17) is 20.3 Å². The molecule has 0 spiro atoms. The number of phenols is 1. The lowest BCUT2D eigenvalue weighted by atomic mass is 10.2. The van der Waals surface area contributed by atoms with Gasteiger partial charge in [0.05, 0.1) is 20.5 Å². The Bertz CT molecular complexity index is 2590. The van der Waals surface area contributed by atoms with E-state index in [9.17, 15) is 75.1 Å². The van der Waals surface area contributed by atoms with Gasteiger partial charge in [-0.3, -0.25) is 30.3 Å². The van der Waals surface area contributed by atoms with Crippen molar-refractivity contribution in [2.75, 3.05) is 67.9 Å². The summed E-state index contributed by atoms with van der Waals surface area (Å²) in [6, 6.07) is 13.2. The third-order valence-corrected chi connectivity index (χ3v) is 9.63. The van der Waals surface area contributed by atoms with Gasteiger partial charge < -0.3 is 54.1 Å². The molecule has 2 aliphatic rings. The zero-order valence-corrected chi connectivity index (χ0v) is 40.8. The fourth-order valence-electron chi connectivity index (χ4n) is 6.39. The van der Waals surface area contributed by atoms with Crippen LogP contribution in [0.1, 0.15) is 41.5 Å². The summed E-state index contributed by atoms with van der Waals surface area (Å²) in [4.78, 5) is 59.9. The van der Waals surface area contributed by atoms with Crippen molar-refractivity contribution in [1.29, 1.82) is 0 Å². The van der Waals surface area contributed by atoms with Crippen LogP contribution in [0.25, 0.3) is 0 Å². The third-order valence-electron chi connectivity index (χ3n) is 9.63. The molecular formula is C45H52F8N8O14. The molecule has 6 rings (SSSR count). The highest BCUT2D eigenvalue weighted by molar-refractivity contribution is 5.70. The van der Waals surface area contributed by atoms with Crippen LogP contribution in [0.5, 0.6) is 23.0 Å². The molecule has 0 bridgehead atoms. The smallest absolute Gasteiger partial charge is 0.410 e. The van der Waals surface area contributed by atoms with E-state index < -0.39 is 97.8 Å². The highest BCUT2D eigenvalue weighted by Gasteiger charge is 2.29. The first kappa shape index (κ1) is 61.0. The molecule has 2 saturated heterocycles. The Morgan fingerprint density at radius 3 is 1.24 bits per heavy atom. The van der Waals surface area contributed by atoms with Crippen molar-refractivity contribution < 1.29 is 88.3 Å². The number of phenolic OH excluding ortho intramolecular Hbond substituents is 1. The molecule has 0 radical (unpaired) electrons. The molecule has 412 valence electrons. The molecule has 30 heteroatoms. The van der Waals surface area contributed by atoms with Crippen molar-refractivity contribution in [2.45, 2.75) is 72.6 Å². The second-order valence-corrected chi connectivity index (χ2v) is 17.4. The molecule has 0 unspecified atom stereocenters. The molecule has 0 aromatic heterocycles. The number of aromatic hydroxyl groups is 1. The van der Waals surface area contributed by atoms with Gasteiger partial charge in [0.1, 0.15) is 22.8 Å².